The fourth-order valence-corrected chi connectivity index (χ4v) is 3.16. The number of hydrogen-bond acceptors (Lipinski definition) is 7. The number of fused-ring (bicyclic) bond motifs is 1. The third kappa shape index (κ3) is 4.80. The first-order valence-corrected chi connectivity index (χ1v) is 8.57. The van der Waals surface area contributed by atoms with Crippen molar-refractivity contribution >= 4 is 32.8 Å². The van der Waals surface area contributed by atoms with Crippen LogP contribution in [0.2, 0.25) is 0 Å². The van der Waals surface area contributed by atoms with E-state index in [1.54, 1.807) is 13.8 Å². The average Bonchev–Trinajstić information content (AvgIpc) is 2.52. The molecule has 0 aliphatic carbocycles. The van der Waals surface area contributed by atoms with Crippen molar-refractivity contribution in [3.8, 4) is 0 Å². The Morgan fingerprint density at radius 3 is 2.16 bits per heavy atom. The monoisotopic (exact) mass is 374 g/mol. The normalized spacial score (nSPS) is 10.8. The Balaban J connectivity index is 0.00000312. The summed E-state index contributed by atoms with van der Waals surface area (Å²) in [6, 6.07) is 6.68. The smallest absolute Gasteiger partial charge is 0.744 e. The van der Waals surface area contributed by atoms with Gasteiger partial charge in [-0.15, -0.1) is 0 Å². The number of esters is 2. The summed E-state index contributed by atoms with van der Waals surface area (Å²) in [7, 11) is -4.93. The largest absolute Gasteiger partial charge is 1.00 e. The van der Waals surface area contributed by atoms with E-state index < -0.39 is 27.0 Å². The standard InChI is InChI=1S/C16H16O7S.Na/c1-3-22-15(17)11-6-7-12-10(9-11)5-8-13(16(18)23-4-2)14(12)24(19,20)21;/h5-9H,3-4H2,1-2H3,(H,19,20,21);/q;+1/p-1. The Morgan fingerprint density at radius 1 is 1.00 bits per heavy atom. The van der Waals surface area contributed by atoms with Crippen molar-refractivity contribution in [2.45, 2.75) is 18.7 Å². The number of benzene rings is 2. The molecule has 0 aromatic heterocycles. The summed E-state index contributed by atoms with van der Waals surface area (Å²) in [5.41, 5.74) is -0.120. The van der Waals surface area contributed by atoms with Gasteiger partial charge < -0.3 is 14.0 Å². The molecule has 9 heteroatoms. The molecule has 128 valence electrons. The SMILES string of the molecule is CCOC(=O)c1ccc2c(S(=O)(=O)[O-])c(C(=O)OCC)ccc2c1.[Na+]. The van der Waals surface area contributed by atoms with Gasteiger partial charge in [-0.2, -0.15) is 0 Å². The van der Waals surface area contributed by atoms with Gasteiger partial charge in [0, 0.05) is 5.39 Å². The van der Waals surface area contributed by atoms with Crippen molar-refractivity contribution < 1.29 is 61.6 Å². The van der Waals surface area contributed by atoms with Crippen LogP contribution in [0.5, 0.6) is 0 Å². The predicted octanol–water partition coefficient (Wildman–Crippen LogP) is -0.899. The van der Waals surface area contributed by atoms with Crippen LogP contribution in [-0.2, 0) is 19.6 Å². The molecule has 0 aliphatic heterocycles. The quantitative estimate of drug-likeness (QED) is 0.379. The van der Waals surface area contributed by atoms with Crippen LogP contribution in [0, 0.1) is 0 Å². The molecule has 0 fully saturated rings. The van der Waals surface area contributed by atoms with Crippen LogP contribution in [0.1, 0.15) is 34.6 Å². The van der Waals surface area contributed by atoms with Crippen molar-refractivity contribution in [2.75, 3.05) is 13.2 Å². The number of hydrogen-bond donors (Lipinski definition) is 0. The first kappa shape index (κ1) is 21.6. The van der Waals surface area contributed by atoms with Gasteiger partial charge in [-0.1, -0.05) is 12.1 Å². The van der Waals surface area contributed by atoms with Gasteiger partial charge in [0.15, 0.2) is 0 Å². The van der Waals surface area contributed by atoms with Crippen LogP contribution in [0.4, 0.5) is 0 Å². The second-order valence-corrected chi connectivity index (χ2v) is 6.09. The molecule has 0 saturated heterocycles. The Labute approximate surface area is 167 Å². The van der Waals surface area contributed by atoms with E-state index in [9.17, 15) is 22.6 Å². The van der Waals surface area contributed by atoms with Gasteiger partial charge in [-0.05, 0) is 37.4 Å². The number of rotatable bonds is 5. The molecule has 0 spiro atoms. The predicted molar refractivity (Wildman–Crippen MR) is 83.8 cm³/mol. The molecule has 0 heterocycles. The minimum Gasteiger partial charge on any atom is -0.744 e. The van der Waals surface area contributed by atoms with E-state index in [1.807, 2.05) is 0 Å². The summed E-state index contributed by atoms with van der Waals surface area (Å²) in [6.45, 7) is 3.46. The van der Waals surface area contributed by atoms with Crippen molar-refractivity contribution in [1.29, 1.82) is 0 Å². The average molecular weight is 374 g/mol. The van der Waals surface area contributed by atoms with E-state index >= 15 is 0 Å². The summed E-state index contributed by atoms with van der Waals surface area (Å²) in [5, 5.41) is 0.367. The molecule has 7 nitrogen and oxygen atoms in total. The molecular formula is C16H15NaO7S. The summed E-state index contributed by atoms with van der Waals surface area (Å²) < 4.78 is 44.6. The topological polar surface area (TPSA) is 110 Å². The molecule has 0 aliphatic rings. The van der Waals surface area contributed by atoms with Gasteiger partial charge in [0.25, 0.3) is 0 Å². The summed E-state index contributed by atoms with van der Waals surface area (Å²) >= 11 is 0. The third-order valence-electron chi connectivity index (χ3n) is 3.23. The third-order valence-corrected chi connectivity index (χ3v) is 4.17. The van der Waals surface area contributed by atoms with E-state index in [0.29, 0.717) is 5.39 Å². The molecular weight excluding hydrogens is 359 g/mol. The molecule has 2 aromatic rings. The second-order valence-electron chi connectivity index (χ2n) is 4.77. The molecule has 25 heavy (non-hydrogen) atoms. The maximum atomic E-state index is 11.9. The zero-order chi connectivity index (χ0) is 17.9. The van der Waals surface area contributed by atoms with E-state index in [2.05, 4.69) is 0 Å². The molecule has 0 N–H and O–H groups in total. The van der Waals surface area contributed by atoms with Gasteiger partial charge in [-0.3, -0.25) is 0 Å². The number of ether oxygens (including phenoxy) is 2. The maximum Gasteiger partial charge on any atom is 1.00 e. The van der Waals surface area contributed by atoms with Crippen molar-refractivity contribution in [1.82, 2.24) is 0 Å². The van der Waals surface area contributed by atoms with Crippen LogP contribution in [0.15, 0.2) is 35.2 Å². The van der Waals surface area contributed by atoms with Gasteiger partial charge in [0.2, 0.25) is 0 Å². The minimum absolute atomic E-state index is 0. The van der Waals surface area contributed by atoms with Gasteiger partial charge in [0.1, 0.15) is 10.1 Å². The van der Waals surface area contributed by atoms with E-state index in [-0.39, 0.29) is 59.3 Å². The molecule has 0 amide bonds. The Morgan fingerprint density at radius 2 is 1.60 bits per heavy atom. The fraction of sp³-hybridized carbons (Fsp3) is 0.250. The number of carbonyl (C=O) groups excluding carboxylic acids is 2. The summed E-state index contributed by atoms with van der Waals surface area (Å²) in [4.78, 5) is 23.0. The van der Waals surface area contributed by atoms with Crippen molar-refractivity contribution in [3.63, 3.8) is 0 Å². The molecule has 0 unspecified atom stereocenters. The summed E-state index contributed by atoms with van der Waals surface area (Å²) in [5.74, 6) is -1.47. The van der Waals surface area contributed by atoms with Crippen LogP contribution in [-0.4, -0.2) is 38.1 Å². The molecule has 0 radical (unpaired) electrons. The second kappa shape index (κ2) is 8.77. The fourth-order valence-electron chi connectivity index (χ4n) is 2.28. The zero-order valence-electron chi connectivity index (χ0n) is 14.1. The molecule has 0 saturated carbocycles. The van der Waals surface area contributed by atoms with Crippen molar-refractivity contribution in [2.24, 2.45) is 0 Å². The van der Waals surface area contributed by atoms with E-state index in [0.717, 1.165) is 0 Å². The van der Waals surface area contributed by atoms with Gasteiger partial charge in [0.05, 0.1) is 29.2 Å². The molecule has 0 atom stereocenters. The van der Waals surface area contributed by atoms with Gasteiger partial charge >= 0.3 is 41.5 Å². The van der Waals surface area contributed by atoms with Crippen LogP contribution in [0.25, 0.3) is 10.8 Å². The first-order chi connectivity index (χ1) is 11.3. The van der Waals surface area contributed by atoms with E-state index in [1.165, 1.54) is 30.3 Å². The van der Waals surface area contributed by atoms with Crippen LogP contribution >= 0.6 is 0 Å². The van der Waals surface area contributed by atoms with Crippen LogP contribution in [0.3, 0.4) is 0 Å². The Hall–Kier alpha value is -1.45. The van der Waals surface area contributed by atoms with Crippen LogP contribution < -0.4 is 29.6 Å². The Bertz CT molecular complexity index is 906. The molecule has 0 bridgehead atoms. The maximum absolute atomic E-state index is 11.9. The minimum atomic E-state index is -4.93. The zero-order valence-corrected chi connectivity index (χ0v) is 16.9. The summed E-state index contributed by atoms with van der Waals surface area (Å²) in [6.07, 6.45) is 0. The number of carbonyl (C=O) groups is 2. The van der Waals surface area contributed by atoms with Crippen molar-refractivity contribution in [3.05, 3.63) is 41.5 Å². The van der Waals surface area contributed by atoms with Gasteiger partial charge in [-0.25, -0.2) is 18.0 Å². The first-order valence-electron chi connectivity index (χ1n) is 7.16. The molecule has 2 rings (SSSR count). The van der Waals surface area contributed by atoms with E-state index in [4.69, 9.17) is 9.47 Å². The Kier molecular flexibility index (Phi) is 7.58. The molecule has 2 aromatic carbocycles.